The van der Waals surface area contributed by atoms with Gasteiger partial charge in [-0.3, -0.25) is 14.3 Å². The highest BCUT2D eigenvalue weighted by atomic mass is 16.2. The summed E-state index contributed by atoms with van der Waals surface area (Å²) in [5, 5.41) is 9.60. The first-order valence-corrected chi connectivity index (χ1v) is 8.49. The second-order valence-corrected chi connectivity index (χ2v) is 6.18. The molecule has 0 atom stereocenters. The van der Waals surface area contributed by atoms with Crippen molar-refractivity contribution in [1.29, 1.82) is 0 Å². The van der Waals surface area contributed by atoms with Crippen LogP contribution in [0.15, 0.2) is 23.0 Å². The average Bonchev–Trinajstić information content (AvgIpc) is 3.12. The normalized spacial score (nSPS) is 12.8. The molecule has 0 bridgehead atoms. The van der Waals surface area contributed by atoms with Crippen LogP contribution < -0.4 is 21.2 Å². The predicted molar refractivity (Wildman–Crippen MR) is 97.4 cm³/mol. The maximum absolute atomic E-state index is 12.3. The molecular formula is C17H22N6O3. The zero-order valence-electron chi connectivity index (χ0n) is 15.1. The molecule has 138 valence electrons. The number of anilines is 2. The van der Waals surface area contributed by atoms with Gasteiger partial charge in [0, 0.05) is 25.8 Å². The maximum Gasteiger partial charge on any atom is 0.346 e. The Morgan fingerprint density at radius 3 is 2.73 bits per heavy atom. The first-order valence-electron chi connectivity index (χ1n) is 8.49. The molecule has 9 nitrogen and oxygen atoms in total. The minimum absolute atomic E-state index is 0.148. The van der Waals surface area contributed by atoms with Crippen LogP contribution in [0.4, 0.5) is 16.2 Å². The van der Waals surface area contributed by atoms with Gasteiger partial charge in [0.2, 0.25) is 5.91 Å². The Labute approximate surface area is 150 Å². The van der Waals surface area contributed by atoms with E-state index in [9.17, 15) is 14.4 Å². The van der Waals surface area contributed by atoms with E-state index in [1.165, 1.54) is 4.57 Å². The lowest BCUT2D eigenvalue weighted by Gasteiger charge is -2.18. The van der Waals surface area contributed by atoms with Crippen molar-refractivity contribution in [1.82, 2.24) is 19.7 Å². The Balaban J connectivity index is 1.74. The van der Waals surface area contributed by atoms with Gasteiger partial charge in [-0.05, 0) is 38.0 Å². The molecule has 3 rings (SSSR count). The van der Waals surface area contributed by atoms with Crippen molar-refractivity contribution in [2.24, 2.45) is 7.05 Å². The van der Waals surface area contributed by atoms with Gasteiger partial charge in [0.1, 0.15) is 12.4 Å². The number of hydrogen-bond acceptors (Lipinski definition) is 4. The molecule has 2 heterocycles. The molecule has 1 aromatic carbocycles. The second-order valence-electron chi connectivity index (χ2n) is 6.18. The summed E-state index contributed by atoms with van der Waals surface area (Å²) in [7, 11) is 1.61. The summed E-state index contributed by atoms with van der Waals surface area (Å²) in [6.07, 6.45) is 0.781. The van der Waals surface area contributed by atoms with Crippen molar-refractivity contribution < 1.29 is 9.59 Å². The number of nitrogens with zero attached hydrogens (tertiary/aromatic N) is 4. The van der Waals surface area contributed by atoms with E-state index in [1.54, 1.807) is 31.0 Å². The molecule has 3 amide bonds. The molecule has 0 spiro atoms. The first-order chi connectivity index (χ1) is 12.4. The molecule has 0 radical (unpaired) electrons. The summed E-state index contributed by atoms with van der Waals surface area (Å²) in [5.74, 6) is 0.186. The van der Waals surface area contributed by atoms with Crippen molar-refractivity contribution in [3.63, 3.8) is 0 Å². The predicted octanol–water partition coefficient (Wildman–Crippen LogP) is 0.621. The summed E-state index contributed by atoms with van der Waals surface area (Å²) in [4.78, 5) is 38.0. The monoisotopic (exact) mass is 358 g/mol. The van der Waals surface area contributed by atoms with E-state index >= 15 is 0 Å². The van der Waals surface area contributed by atoms with E-state index in [1.807, 2.05) is 13.0 Å². The van der Waals surface area contributed by atoms with Gasteiger partial charge >= 0.3 is 11.7 Å². The molecule has 9 heteroatoms. The van der Waals surface area contributed by atoms with E-state index in [-0.39, 0.29) is 24.2 Å². The number of carbonyl (C=O) groups excluding carboxylic acids is 2. The second kappa shape index (κ2) is 7.03. The van der Waals surface area contributed by atoms with Gasteiger partial charge in [0.25, 0.3) is 0 Å². The summed E-state index contributed by atoms with van der Waals surface area (Å²) in [5.41, 5.74) is 2.09. The molecule has 0 unspecified atom stereocenters. The van der Waals surface area contributed by atoms with Gasteiger partial charge in [-0.15, -0.1) is 0 Å². The zero-order valence-corrected chi connectivity index (χ0v) is 15.1. The highest BCUT2D eigenvalue weighted by Gasteiger charge is 2.24. The van der Waals surface area contributed by atoms with Crippen LogP contribution >= 0.6 is 0 Å². The number of fused-ring (bicyclic) bond motifs is 1. The topological polar surface area (TPSA) is 101 Å². The van der Waals surface area contributed by atoms with Crippen LogP contribution in [0.1, 0.15) is 18.3 Å². The van der Waals surface area contributed by atoms with Crippen LogP contribution in [0, 0.1) is 6.92 Å². The number of nitrogens with one attached hydrogen (secondary N) is 2. The van der Waals surface area contributed by atoms with Gasteiger partial charge in [0.05, 0.1) is 5.69 Å². The SMILES string of the molecule is CCNC(=O)N1CCc2ccc(NC(=O)Cn3nc(C)n(C)c3=O)cc21. The van der Waals surface area contributed by atoms with Crippen molar-refractivity contribution in [3.05, 3.63) is 40.1 Å². The number of carbonyl (C=O) groups is 2. The molecular weight excluding hydrogens is 336 g/mol. The highest BCUT2D eigenvalue weighted by Crippen LogP contribution is 2.30. The Kier molecular flexibility index (Phi) is 4.79. The molecule has 1 aliphatic heterocycles. The lowest BCUT2D eigenvalue weighted by molar-refractivity contribution is -0.117. The van der Waals surface area contributed by atoms with Crippen molar-refractivity contribution in [3.8, 4) is 0 Å². The van der Waals surface area contributed by atoms with Gasteiger partial charge in [0.15, 0.2) is 0 Å². The summed E-state index contributed by atoms with van der Waals surface area (Å²) >= 11 is 0. The smallest absolute Gasteiger partial charge is 0.338 e. The lowest BCUT2D eigenvalue weighted by Crippen LogP contribution is -2.38. The number of hydrogen-bond donors (Lipinski definition) is 2. The molecule has 2 aromatic rings. The molecule has 1 aliphatic rings. The van der Waals surface area contributed by atoms with Gasteiger partial charge < -0.3 is 10.6 Å². The Morgan fingerprint density at radius 1 is 1.31 bits per heavy atom. The van der Waals surface area contributed by atoms with Crippen molar-refractivity contribution in [2.45, 2.75) is 26.8 Å². The number of amides is 3. The summed E-state index contributed by atoms with van der Waals surface area (Å²) in [6.45, 7) is 4.57. The number of benzene rings is 1. The molecule has 1 aromatic heterocycles. The average molecular weight is 358 g/mol. The van der Waals surface area contributed by atoms with Crippen LogP contribution in [0.5, 0.6) is 0 Å². The summed E-state index contributed by atoms with van der Waals surface area (Å²) in [6, 6.07) is 5.33. The van der Waals surface area contributed by atoms with E-state index in [4.69, 9.17) is 0 Å². The third kappa shape index (κ3) is 3.32. The molecule has 0 aliphatic carbocycles. The van der Waals surface area contributed by atoms with Crippen LogP contribution in [0.2, 0.25) is 0 Å². The van der Waals surface area contributed by atoms with Crippen LogP contribution in [-0.2, 0) is 24.8 Å². The van der Waals surface area contributed by atoms with Gasteiger partial charge in [-0.1, -0.05) is 6.07 Å². The summed E-state index contributed by atoms with van der Waals surface area (Å²) < 4.78 is 2.51. The Morgan fingerprint density at radius 2 is 2.08 bits per heavy atom. The van der Waals surface area contributed by atoms with E-state index < -0.39 is 0 Å². The van der Waals surface area contributed by atoms with Crippen LogP contribution in [-0.4, -0.2) is 39.4 Å². The third-order valence-electron chi connectivity index (χ3n) is 4.39. The quantitative estimate of drug-likeness (QED) is 0.836. The third-order valence-corrected chi connectivity index (χ3v) is 4.39. The van der Waals surface area contributed by atoms with Crippen molar-refractivity contribution >= 4 is 23.3 Å². The standard InChI is InChI=1S/C17H22N6O3/c1-4-18-16(25)22-8-7-12-5-6-13(9-14(12)22)19-15(24)10-23-17(26)21(3)11(2)20-23/h5-6,9H,4,7-8,10H2,1-3H3,(H,18,25)(H,19,24). The first kappa shape index (κ1) is 17.7. The maximum atomic E-state index is 12.3. The molecule has 0 saturated carbocycles. The largest absolute Gasteiger partial charge is 0.346 e. The highest BCUT2D eigenvalue weighted by molar-refractivity contribution is 5.96. The van der Waals surface area contributed by atoms with E-state index in [0.29, 0.717) is 24.6 Å². The fraction of sp³-hybridized carbons (Fsp3) is 0.412. The number of aromatic nitrogens is 3. The number of rotatable bonds is 4. The van der Waals surface area contributed by atoms with Crippen molar-refractivity contribution in [2.75, 3.05) is 23.3 Å². The Hall–Kier alpha value is -3.10. The van der Waals surface area contributed by atoms with Gasteiger partial charge in [-0.2, -0.15) is 5.10 Å². The minimum Gasteiger partial charge on any atom is -0.338 e. The zero-order chi connectivity index (χ0) is 18.8. The van der Waals surface area contributed by atoms with Crippen LogP contribution in [0.3, 0.4) is 0 Å². The fourth-order valence-electron chi connectivity index (χ4n) is 2.95. The fourth-order valence-corrected chi connectivity index (χ4v) is 2.95. The van der Waals surface area contributed by atoms with E-state index in [0.717, 1.165) is 22.4 Å². The van der Waals surface area contributed by atoms with Crippen LogP contribution in [0.25, 0.3) is 0 Å². The number of aryl methyl sites for hydroxylation is 1. The Bertz CT molecular complexity index is 914. The molecule has 0 saturated heterocycles. The minimum atomic E-state index is -0.354. The van der Waals surface area contributed by atoms with Gasteiger partial charge in [-0.25, -0.2) is 14.3 Å². The lowest BCUT2D eigenvalue weighted by atomic mass is 10.1. The van der Waals surface area contributed by atoms with E-state index in [2.05, 4.69) is 15.7 Å². The number of urea groups is 1. The molecule has 26 heavy (non-hydrogen) atoms. The molecule has 0 fully saturated rings. The molecule has 2 N–H and O–H groups in total.